The van der Waals surface area contributed by atoms with Crippen molar-refractivity contribution in [1.29, 1.82) is 0 Å². The van der Waals surface area contributed by atoms with Crippen molar-refractivity contribution in [2.24, 2.45) is 5.10 Å². The number of aryl methyl sites for hydroxylation is 3. The lowest BCUT2D eigenvalue weighted by atomic mass is 9.97. The highest BCUT2D eigenvalue weighted by Crippen LogP contribution is 2.35. The molecule has 1 aliphatic carbocycles. The topological polar surface area (TPSA) is 96.6 Å². The van der Waals surface area contributed by atoms with Gasteiger partial charge in [-0.15, -0.1) is 11.3 Å². The molecule has 0 saturated heterocycles. The smallest absolute Gasteiger partial charge is 0.267 e. The third-order valence-electron chi connectivity index (χ3n) is 6.22. The Morgan fingerprint density at radius 1 is 1.17 bits per heavy atom. The Hall–Kier alpha value is -3.43. The Balaban J connectivity index is 1.45. The summed E-state index contributed by atoms with van der Waals surface area (Å²) in [6.45, 7) is 3.71. The molecule has 2 aromatic carbocycles. The van der Waals surface area contributed by atoms with Crippen LogP contribution in [0.2, 0.25) is 0 Å². The molecule has 0 saturated carbocycles. The van der Waals surface area contributed by atoms with E-state index in [1.165, 1.54) is 16.6 Å². The Morgan fingerprint density at radius 3 is 2.69 bits per heavy atom. The summed E-state index contributed by atoms with van der Waals surface area (Å²) in [5.41, 5.74) is 6.47. The van der Waals surface area contributed by atoms with Crippen LogP contribution in [0.25, 0.3) is 15.9 Å². The highest BCUT2D eigenvalue weighted by atomic mass is 32.2. The summed E-state index contributed by atoms with van der Waals surface area (Å²) >= 11 is 2.81. The Bertz CT molecular complexity index is 1540. The number of phenols is 1. The third-order valence-corrected chi connectivity index (χ3v) is 8.35. The molecule has 4 aromatic rings. The van der Waals surface area contributed by atoms with Gasteiger partial charge in [0.2, 0.25) is 0 Å². The molecule has 5 rings (SSSR count). The summed E-state index contributed by atoms with van der Waals surface area (Å²) in [7, 11) is 0. The predicted octanol–water partition coefficient (Wildman–Crippen LogP) is 4.97. The van der Waals surface area contributed by atoms with Crippen LogP contribution in [0.5, 0.6) is 5.75 Å². The summed E-state index contributed by atoms with van der Waals surface area (Å²) in [5, 5.41) is 15.3. The van der Waals surface area contributed by atoms with Gasteiger partial charge < -0.3 is 5.11 Å². The second-order valence-corrected chi connectivity index (χ2v) is 10.8. The number of phenolic OH excluding ortho intramolecular Hbond substituents is 1. The highest BCUT2D eigenvalue weighted by molar-refractivity contribution is 7.99. The van der Waals surface area contributed by atoms with Crippen molar-refractivity contribution in [3.05, 3.63) is 80.5 Å². The van der Waals surface area contributed by atoms with Crippen LogP contribution >= 0.6 is 23.1 Å². The summed E-state index contributed by atoms with van der Waals surface area (Å²) in [6.07, 6.45) is 4.11. The fourth-order valence-electron chi connectivity index (χ4n) is 4.35. The first-order valence-corrected chi connectivity index (χ1v) is 13.6. The Morgan fingerprint density at radius 2 is 1.92 bits per heavy atom. The van der Waals surface area contributed by atoms with E-state index in [2.05, 4.69) is 10.5 Å². The molecule has 0 unspecified atom stereocenters. The second kappa shape index (κ2) is 10.3. The number of rotatable bonds is 6. The number of fused-ring (bicyclic) bond motifs is 3. The van der Waals surface area contributed by atoms with Gasteiger partial charge in [0.1, 0.15) is 10.6 Å². The number of thioether (sulfide) groups is 1. The van der Waals surface area contributed by atoms with Crippen molar-refractivity contribution in [2.45, 2.75) is 44.7 Å². The molecule has 0 radical (unpaired) electrons. The van der Waals surface area contributed by atoms with E-state index in [0.29, 0.717) is 21.8 Å². The lowest BCUT2D eigenvalue weighted by Crippen LogP contribution is -2.24. The van der Waals surface area contributed by atoms with Crippen LogP contribution < -0.4 is 11.0 Å². The number of nitrogens with zero attached hydrogens (tertiary/aromatic N) is 3. The molecule has 184 valence electrons. The molecule has 0 aliphatic heterocycles. The van der Waals surface area contributed by atoms with Gasteiger partial charge in [-0.05, 0) is 69.4 Å². The fourth-order valence-corrected chi connectivity index (χ4v) is 6.46. The van der Waals surface area contributed by atoms with Gasteiger partial charge in [-0.25, -0.2) is 10.4 Å². The molecule has 2 heterocycles. The van der Waals surface area contributed by atoms with Gasteiger partial charge in [0, 0.05) is 10.4 Å². The van der Waals surface area contributed by atoms with Crippen molar-refractivity contribution in [2.75, 3.05) is 5.75 Å². The van der Waals surface area contributed by atoms with Crippen LogP contribution in [-0.4, -0.2) is 32.0 Å². The van der Waals surface area contributed by atoms with Gasteiger partial charge >= 0.3 is 0 Å². The molecule has 7 nitrogen and oxygen atoms in total. The molecule has 0 fully saturated rings. The van der Waals surface area contributed by atoms with Crippen molar-refractivity contribution >= 4 is 44.9 Å². The first-order valence-electron chi connectivity index (χ1n) is 11.8. The zero-order valence-electron chi connectivity index (χ0n) is 20.1. The number of hydrazone groups is 1. The van der Waals surface area contributed by atoms with E-state index in [0.717, 1.165) is 47.3 Å². The number of hydrogen-bond donors (Lipinski definition) is 2. The van der Waals surface area contributed by atoms with E-state index in [1.807, 2.05) is 31.2 Å². The number of aromatic nitrogens is 2. The molecule has 0 atom stereocenters. The molecule has 2 N–H and O–H groups in total. The lowest BCUT2D eigenvalue weighted by Gasteiger charge is -2.13. The van der Waals surface area contributed by atoms with Crippen molar-refractivity contribution in [3.63, 3.8) is 0 Å². The van der Waals surface area contributed by atoms with Crippen molar-refractivity contribution < 1.29 is 9.90 Å². The Labute approximate surface area is 216 Å². The summed E-state index contributed by atoms with van der Waals surface area (Å²) in [5.74, 6) is -0.197. The van der Waals surface area contributed by atoms with Crippen molar-refractivity contribution in [3.8, 4) is 11.4 Å². The van der Waals surface area contributed by atoms with Gasteiger partial charge in [0.25, 0.3) is 11.5 Å². The molecular formula is C27H26N4O3S2. The number of amides is 1. The van der Waals surface area contributed by atoms with Gasteiger partial charge in [-0.1, -0.05) is 41.6 Å². The monoisotopic (exact) mass is 518 g/mol. The van der Waals surface area contributed by atoms with Gasteiger partial charge in [0.05, 0.1) is 22.5 Å². The number of thiophene rings is 1. The third kappa shape index (κ3) is 4.81. The average Bonchev–Trinajstić information content (AvgIpc) is 3.26. The van der Waals surface area contributed by atoms with E-state index in [1.54, 1.807) is 47.1 Å². The molecule has 9 heteroatoms. The molecule has 0 bridgehead atoms. The molecule has 1 aliphatic rings. The first kappa shape index (κ1) is 24.3. The molecule has 2 aromatic heterocycles. The van der Waals surface area contributed by atoms with E-state index in [9.17, 15) is 14.7 Å². The average molecular weight is 519 g/mol. The van der Waals surface area contributed by atoms with Crippen LogP contribution in [0.15, 0.2) is 63.6 Å². The first-order chi connectivity index (χ1) is 17.4. The van der Waals surface area contributed by atoms with Crippen LogP contribution in [-0.2, 0) is 17.6 Å². The number of hydrogen-bond acceptors (Lipinski definition) is 7. The Kier molecular flexibility index (Phi) is 6.93. The molecule has 0 spiro atoms. The molecule has 1 amide bonds. The van der Waals surface area contributed by atoms with Crippen LogP contribution in [0.1, 0.15) is 41.3 Å². The second-order valence-electron chi connectivity index (χ2n) is 8.80. The normalized spacial score (nSPS) is 13.6. The number of nitrogens with one attached hydrogen (secondary N) is 1. The highest BCUT2D eigenvalue weighted by Gasteiger charge is 2.23. The number of para-hydroxylation sites is 1. The zero-order valence-corrected chi connectivity index (χ0v) is 21.7. The minimum absolute atomic E-state index is 0.0342. The number of aromatic hydroxyl groups is 1. The number of carbonyl (C=O) groups excluding carboxylic acids is 1. The van der Waals surface area contributed by atoms with Crippen LogP contribution in [0, 0.1) is 6.92 Å². The zero-order chi connectivity index (χ0) is 25.2. The number of benzene rings is 2. The summed E-state index contributed by atoms with van der Waals surface area (Å²) in [4.78, 5) is 33.3. The lowest BCUT2D eigenvalue weighted by molar-refractivity contribution is -0.118. The quantitative estimate of drug-likeness (QED) is 0.163. The summed E-state index contributed by atoms with van der Waals surface area (Å²) < 4.78 is 1.62. The van der Waals surface area contributed by atoms with Crippen molar-refractivity contribution in [1.82, 2.24) is 15.0 Å². The van der Waals surface area contributed by atoms with Gasteiger partial charge in [0.15, 0.2) is 5.16 Å². The van der Waals surface area contributed by atoms with E-state index in [-0.39, 0.29) is 23.0 Å². The predicted molar refractivity (Wildman–Crippen MR) is 146 cm³/mol. The van der Waals surface area contributed by atoms with Crippen LogP contribution in [0.4, 0.5) is 0 Å². The fraction of sp³-hybridized carbons (Fsp3) is 0.259. The standard InChI is InChI=1S/C27H26N4O3S2/c1-16-11-13-18(14-12-16)31-26(34)24-20-8-4-6-10-22(20)36-25(24)28-27(31)35-15-23(33)30-29-17(2)19-7-3-5-9-21(19)32/h3,5,7,9,11-14,32H,4,6,8,10,15H2,1-2H3,(H,30,33)/b29-17+. The van der Waals surface area contributed by atoms with E-state index < -0.39 is 0 Å². The largest absolute Gasteiger partial charge is 0.507 e. The van der Waals surface area contributed by atoms with Gasteiger partial charge in [-0.2, -0.15) is 5.10 Å². The van der Waals surface area contributed by atoms with E-state index >= 15 is 0 Å². The SMILES string of the molecule is C/C(=N\NC(=O)CSc1nc2sc3c(c2c(=O)n1-c1ccc(C)cc1)CCCC3)c1ccccc1O. The maximum absolute atomic E-state index is 13.8. The molecular weight excluding hydrogens is 492 g/mol. The minimum Gasteiger partial charge on any atom is -0.507 e. The maximum Gasteiger partial charge on any atom is 0.267 e. The molecule has 36 heavy (non-hydrogen) atoms. The minimum atomic E-state index is -0.329. The maximum atomic E-state index is 13.8. The number of carbonyl (C=O) groups is 1. The van der Waals surface area contributed by atoms with E-state index in [4.69, 9.17) is 4.98 Å². The summed E-state index contributed by atoms with van der Waals surface area (Å²) in [6, 6.07) is 14.6. The van der Waals surface area contributed by atoms with Gasteiger partial charge in [-0.3, -0.25) is 14.2 Å². The van der Waals surface area contributed by atoms with Crippen LogP contribution in [0.3, 0.4) is 0 Å².